The van der Waals surface area contributed by atoms with Crippen molar-refractivity contribution in [2.24, 2.45) is 0 Å². The number of hydrogen-bond acceptors (Lipinski definition) is 6. The second kappa shape index (κ2) is 5.06. The molecule has 0 spiro atoms. The monoisotopic (exact) mass is 234 g/mol. The van der Waals surface area contributed by atoms with E-state index in [0.29, 0.717) is 24.5 Å². The molecule has 2 heterocycles. The zero-order valence-corrected chi connectivity index (χ0v) is 8.83. The topological polar surface area (TPSA) is 101 Å². The fourth-order valence-corrected chi connectivity index (χ4v) is 1.28. The van der Waals surface area contributed by atoms with Crippen molar-refractivity contribution >= 4 is 11.7 Å². The highest BCUT2D eigenvalue weighted by Gasteiger charge is 2.04. The van der Waals surface area contributed by atoms with E-state index in [-0.39, 0.29) is 5.69 Å². The molecule has 0 radical (unpaired) electrons. The number of carboxylic acid groups (broad SMARTS) is 1. The fraction of sp³-hybridized carbons (Fsp3) is 0.200. The molecule has 2 rings (SSSR count). The molecular weight excluding hydrogens is 224 g/mol. The quantitative estimate of drug-likeness (QED) is 0.789. The number of pyridine rings is 1. The van der Waals surface area contributed by atoms with Gasteiger partial charge in [-0.15, -0.1) is 0 Å². The van der Waals surface area contributed by atoms with E-state index in [0.717, 1.165) is 0 Å². The van der Waals surface area contributed by atoms with E-state index in [9.17, 15) is 4.79 Å². The summed E-state index contributed by atoms with van der Waals surface area (Å²) in [6.45, 7) is 0.586. The Bertz CT molecular complexity index is 498. The zero-order valence-electron chi connectivity index (χ0n) is 8.83. The average Bonchev–Trinajstić information content (AvgIpc) is 2.82. The number of carboxylic acids is 1. The Morgan fingerprint density at radius 1 is 1.47 bits per heavy atom. The van der Waals surface area contributed by atoms with Crippen LogP contribution in [0.4, 0.5) is 5.69 Å². The molecular formula is C10H10N4O3. The third-order valence-corrected chi connectivity index (χ3v) is 2.06. The number of nitrogens with zero attached hydrogens (tertiary/aromatic N) is 3. The Labute approximate surface area is 96.5 Å². The minimum Gasteiger partial charge on any atom is -0.477 e. The summed E-state index contributed by atoms with van der Waals surface area (Å²) in [5.41, 5.74) is 0.704. The van der Waals surface area contributed by atoms with Crippen molar-refractivity contribution in [3.63, 3.8) is 0 Å². The van der Waals surface area contributed by atoms with Crippen LogP contribution in [0, 0.1) is 0 Å². The van der Waals surface area contributed by atoms with Crippen LogP contribution in [0.5, 0.6) is 0 Å². The van der Waals surface area contributed by atoms with E-state index < -0.39 is 5.97 Å². The summed E-state index contributed by atoms with van der Waals surface area (Å²) >= 11 is 0. The van der Waals surface area contributed by atoms with Gasteiger partial charge in [-0.25, -0.2) is 9.78 Å². The minimum atomic E-state index is -1.05. The standard InChI is InChI=1S/C10H10N4O3/c15-10(16)8-5-7(1-3-12-8)11-4-2-9-13-6-17-14-9/h1,3,5-6H,2,4H2,(H,11,12)(H,15,16). The Kier molecular flexibility index (Phi) is 3.29. The number of anilines is 1. The van der Waals surface area contributed by atoms with E-state index in [1.807, 2.05) is 0 Å². The number of nitrogens with one attached hydrogen (secondary N) is 1. The highest BCUT2D eigenvalue weighted by molar-refractivity contribution is 5.86. The van der Waals surface area contributed by atoms with Crippen LogP contribution >= 0.6 is 0 Å². The molecule has 7 heteroatoms. The number of hydrogen-bond donors (Lipinski definition) is 2. The number of aromatic nitrogens is 3. The van der Waals surface area contributed by atoms with E-state index >= 15 is 0 Å². The molecule has 17 heavy (non-hydrogen) atoms. The van der Waals surface area contributed by atoms with E-state index in [1.165, 1.54) is 18.7 Å². The van der Waals surface area contributed by atoms with Gasteiger partial charge in [0.25, 0.3) is 0 Å². The predicted octanol–water partition coefficient (Wildman–Crippen LogP) is 0.817. The molecule has 0 unspecified atom stereocenters. The highest BCUT2D eigenvalue weighted by atomic mass is 16.5. The molecule has 2 aromatic rings. The van der Waals surface area contributed by atoms with Gasteiger partial charge in [-0.3, -0.25) is 0 Å². The molecule has 7 nitrogen and oxygen atoms in total. The van der Waals surface area contributed by atoms with Crippen LogP contribution in [-0.2, 0) is 6.42 Å². The van der Waals surface area contributed by atoms with Crippen molar-refractivity contribution < 1.29 is 14.4 Å². The van der Waals surface area contributed by atoms with Gasteiger partial charge in [-0.2, -0.15) is 4.98 Å². The highest BCUT2D eigenvalue weighted by Crippen LogP contribution is 2.07. The summed E-state index contributed by atoms with van der Waals surface area (Å²) in [5.74, 6) is -0.447. The van der Waals surface area contributed by atoms with Crippen molar-refractivity contribution in [2.45, 2.75) is 6.42 Å². The molecule has 0 aliphatic rings. The SMILES string of the molecule is O=C(O)c1cc(NCCc2ncon2)ccn1. The summed E-state index contributed by atoms with van der Waals surface area (Å²) in [6, 6.07) is 3.17. The number of aromatic carboxylic acids is 1. The summed E-state index contributed by atoms with van der Waals surface area (Å²) in [6.07, 6.45) is 3.31. The van der Waals surface area contributed by atoms with Crippen LogP contribution in [0.15, 0.2) is 29.2 Å². The Morgan fingerprint density at radius 2 is 2.35 bits per heavy atom. The van der Waals surface area contributed by atoms with Gasteiger partial charge in [0, 0.05) is 24.8 Å². The molecule has 0 aromatic carbocycles. The molecule has 0 bridgehead atoms. The molecule has 0 atom stereocenters. The Balaban J connectivity index is 1.90. The lowest BCUT2D eigenvalue weighted by Gasteiger charge is -2.04. The lowest BCUT2D eigenvalue weighted by Crippen LogP contribution is -2.07. The first-order valence-corrected chi connectivity index (χ1v) is 4.94. The molecule has 0 aliphatic heterocycles. The minimum absolute atomic E-state index is 0.00885. The summed E-state index contributed by atoms with van der Waals surface area (Å²) in [7, 11) is 0. The maximum absolute atomic E-state index is 10.7. The smallest absolute Gasteiger partial charge is 0.354 e. The lowest BCUT2D eigenvalue weighted by molar-refractivity contribution is 0.0690. The second-order valence-electron chi connectivity index (χ2n) is 3.26. The Morgan fingerprint density at radius 3 is 3.06 bits per heavy atom. The van der Waals surface area contributed by atoms with Gasteiger partial charge in [-0.1, -0.05) is 5.16 Å². The van der Waals surface area contributed by atoms with Gasteiger partial charge in [0.15, 0.2) is 5.82 Å². The van der Waals surface area contributed by atoms with E-state index in [1.54, 1.807) is 6.07 Å². The predicted molar refractivity (Wildman–Crippen MR) is 57.7 cm³/mol. The number of carbonyl (C=O) groups is 1. The van der Waals surface area contributed by atoms with Gasteiger partial charge in [-0.05, 0) is 12.1 Å². The van der Waals surface area contributed by atoms with Crippen LogP contribution in [0.2, 0.25) is 0 Å². The largest absolute Gasteiger partial charge is 0.477 e. The third-order valence-electron chi connectivity index (χ3n) is 2.06. The third kappa shape index (κ3) is 3.00. The van der Waals surface area contributed by atoms with Crippen LogP contribution in [0.1, 0.15) is 16.3 Å². The first kappa shape index (κ1) is 11.1. The van der Waals surface area contributed by atoms with E-state index in [2.05, 4.69) is 25.0 Å². The van der Waals surface area contributed by atoms with Gasteiger partial charge in [0.05, 0.1) is 0 Å². The molecule has 0 aliphatic carbocycles. The average molecular weight is 234 g/mol. The Hall–Kier alpha value is -2.44. The van der Waals surface area contributed by atoms with Gasteiger partial charge in [0.1, 0.15) is 5.69 Å². The van der Waals surface area contributed by atoms with Gasteiger partial charge >= 0.3 is 5.97 Å². The normalized spacial score (nSPS) is 10.1. The zero-order chi connectivity index (χ0) is 12.1. The molecule has 0 saturated carbocycles. The summed E-state index contributed by atoms with van der Waals surface area (Å²) in [5, 5.41) is 15.5. The molecule has 2 N–H and O–H groups in total. The van der Waals surface area contributed by atoms with Crippen molar-refractivity contribution in [1.82, 2.24) is 15.1 Å². The van der Waals surface area contributed by atoms with Crippen LogP contribution in [0.3, 0.4) is 0 Å². The van der Waals surface area contributed by atoms with Gasteiger partial charge in [0.2, 0.25) is 6.39 Å². The van der Waals surface area contributed by atoms with Crippen molar-refractivity contribution in [1.29, 1.82) is 0 Å². The van der Waals surface area contributed by atoms with Gasteiger partial charge < -0.3 is 14.9 Å². The first-order valence-electron chi connectivity index (χ1n) is 4.94. The summed E-state index contributed by atoms with van der Waals surface area (Å²) in [4.78, 5) is 18.3. The fourth-order valence-electron chi connectivity index (χ4n) is 1.28. The van der Waals surface area contributed by atoms with Crippen molar-refractivity contribution in [2.75, 3.05) is 11.9 Å². The molecule has 0 fully saturated rings. The molecule has 0 saturated heterocycles. The van der Waals surface area contributed by atoms with Crippen molar-refractivity contribution in [3.8, 4) is 0 Å². The summed E-state index contributed by atoms with van der Waals surface area (Å²) < 4.78 is 4.59. The second-order valence-corrected chi connectivity index (χ2v) is 3.26. The first-order chi connectivity index (χ1) is 8.25. The van der Waals surface area contributed by atoms with Crippen molar-refractivity contribution in [3.05, 3.63) is 36.2 Å². The molecule has 0 amide bonds. The van der Waals surface area contributed by atoms with Crippen LogP contribution in [-0.4, -0.2) is 32.7 Å². The van der Waals surface area contributed by atoms with Crippen LogP contribution < -0.4 is 5.32 Å². The molecule has 2 aromatic heterocycles. The number of rotatable bonds is 5. The lowest BCUT2D eigenvalue weighted by atomic mass is 10.3. The molecule has 88 valence electrons. The van der Waals surface area contributed by atoms with E-state index in [4.69, 9.17) is 5.11 Å². The maximum atomic E-state index is 10.7. The van der Waals surface area contributed by atoms with Crippen LogP contribution in [0.25, 0.3) is 0 Å². The maximum Gasteiger partial charge on any atom is 0.354 e.